The van der Waals surface area contributed by atoms with Gasteiger partial charge in [0.2, 0.25) is 0 Å². The van der Waals surface area contributed by atoms with Crippen LogP contribution in [0.15, 0.2) is 71.8 Å². The van der Waals surface area contributed by atoms with Crippen LogP contribution in [0.4, 0.5) is 0 Å². The second-order valence-electron chi connectivity index (χ2n) is 7.09. The Balaban J connectivity index is 1.97. The molecule has 0 fully saturated rings. The standard InChI is InChI=1S/C24H23NO2/c1-17-9-8-14-22(26)24(17)23(27)15-20(18-10-4-2-5-11-18)21(16-25)19-12-6-3-7-13-19/h2-7,10-13,20-21H,8-9,14-15H2,1H3/t20-,21-/m0/s1. The maximum absolute atomic E-state index is 13.1. The maximum Gasteiger partial charge on any atom is 0.167 e. The fraction of sp³-hybridized carbons (Fsp3) is 0.292. The van der Waals surface area contributed by atoms with Crippen molar-refractivity contribution >= 4 is 11.6 Å². The summed E-state index contributed by atoms with van der Waals surface area (Å²) in [7, 11) is 0. The summed E-state index contributed by atoms with van der Waals surface area (Å²) in [6, 6.07) is 21.6. The normalized spacial score (nSPS) is 16.5. The zero-order chi connectivity index (χ0) is 19.2. The number of Topliss-reactive ketones (excluding diaryl/α,β-unsaturated/α-hetero) is 2. The molecule has 0 amide bonds. The van der Waals surface area contributed by atoms with E-state index >= 15 is 0 Å². The van der Waals surface area contributed by atoms with E-state index in [-0.39, 0.29) is 23.9 Å². The average Bonchev–Trinajstić information content (AvgIpc) is 2.69. The molecule has 0 heterocycles. The number of ketones is 2. The topological polar surface area (TPSA) is 57.9 Å². The van der Waals surface area contributed by atoms with E-state index < -0.39 is 5.92 Å². The van der Waals surface area contributed by atoms with Crippen LogP contribution in [0.1, 0.15) is 55.6 Å². The lowest BCUT2D eigenvalue weighted by Gasteiger charge is -2.24. The van der Waals surface area contributed by atoms with Gasteiger partial charge in [0, 0.05) is 18.8 Å². The summed E-state index contributed by atoms with van der Waals surface area (Å²) in [6.45, 7) is 1.88. The van der Waals surface area contributed by atoms with E-state index in [4.69, 9.17) is 0 Å². The van der Waals surface area contributed by atoms with Gasteiger partial charge in [-0.1, -0.05) is 66.2 Å². The van der Waals surface area contributed by atoms with Crippen LogP contribution in [0, 0.1) is 11.3 Å². The monoisotopic (exact) mass is 357 g/mol. The molecule has 2 atom stereocenters. The predicted molar refractivity (Wildman–Crippen MR) is 105 cm³/mol. The summed E-state index contributed by atoms with van der Waals surface area (Å²) in [5, 5.41) is 9.90. The smallest absolute Gasteiger partial charge is 0.167 e. The molecule has 1 aliphatic rings. The average molecular weight is 357 g/mol. The van der Waals surface area contributed by atoms with Crippen molar-refractivity contribution in [3.05, 3.63) is 82.9 Å². The number of hydrogen-bond donors (Lipinski definition) is 0. The first-order chi connectivity index (χ1) is 13.1. The molecular weight excluding hydrogens is 334 g/mol. The zero-order valence-electron chi connectivity index (χ0n) is 15.5. The fourth-order valence-electron chi connectivity index (χ4n) is 3.88. The van der Waals surface area contributed by atoms with Crippen molar-refractivity contribution < 1.29 is 9.59 Å². The predicted octanol–water partition coefficient (Wildman–Crippen LogP) is 5.11. The lowest BCUT2D eigenvalue weighted by molar-refractivity contribution is -0.122. The van der Waals surface area contributed by atoms with Crippen LogP contribution >= 0.6 is 0 Å². The number of nitriles is 1. The first kappa shape index (κ1) is 18.8. The Morgan fingerprint density at radius 3 is 2.15 bits per heavy atom. The van der Waals surface area contributed by atoms with Crippen molar-refractivity contribution in [3.8, 4) is 6.07 Å². The number of nitrogens with zero attached hydrogens (tertiary/aromatic N) is 1. The first-order valence-electron chi connectivity index (χ1n) is 9.37. The highest BCUT2D eigenvalue weighted by Gasteiger charge is 2.31. The lowest BCUT2D eigenvalue weighted by atomic mass is 9.77. The number of benzene rings is 2. The highest BCUT2D eigenvalue weighted by molar-refractivity contribution is 6.21. The number of carbonyl (C=O) groups excluding carboxylic acids is 2. The minimum atomic E-state index is -0.447. The van der Waals surface area contributed by atoms with Gasteiger partial charge in [0.25, 0.3) is 0 Å². The van der Waals surface area contributed by atoms with Crippen molar-refractivity contribution in [1.82, 2.24) is 0 Å². The molecule has 0 radical (unpaired) electrons. The van der Waals surface area contributed by atoms with Gasteiger partial charge >= 0.3 is 0 Å². The Labute approximate surface area is 160 Å². The van der Waals surface area contributed by atoms with Gasteiger partial charge in [0.15, 0.2) is 11.6 Å². The second-order valence-corrected chi connectivity index (χ2v) is 7.09. The van der Waals surface area contributed by atoms with Gasteiger partial charge in [-0.3, -0.25) is 9.59 Å². The van der Waals surface area contributed by atoms with Crippen molar-refractivity contribution in [3.63, 3.8) is 0 Å². The summed E-state index contributed by atoms with van der Waals surface area (Å²) < 4.78 is 0. The van der Waals surface area contributed by atoms with Crippen LogP contribution in [-0.4, -0.2) is 11.6 Å². The second kappa shape index (κ2) is 8.60. The molecule has 0 saturated heterocycles. The minimum Gasteiger partial charge on any atom is -0.294 e. The molecule has 3 heteroatoms. The van der Waals surface area contributed by atoms with Crippen molar-refractivity contribution in [1.29, 1.82) is 5.26 Å². The van der Waals surface area contributed by atoms with E-state index in [2.05, 4.69) is 6.07 Å². The third kappa shape index (κ3) is 4.23. The van der Waals surface area contributed by atoms with Gasteiger partial charge in [0.1, 0.15) is 0 Å². The Morgan fingerprint density at radius 2 is 1.59 bits per heavy atom. The Kier molecular flexibility index (Phi) is 5.98. The molecule has 0 aromatic heterocycles. The molecule has 2 aromatic rings. The third-order valence-electron chi connectivity index (χ3n) is 5.27. The lowest BCUT2D eigenvalue weighted by Crippen LogP contribution is -2.22. The van der Waals surface area contributed by atoms with Gasteiger partial charge in [0.05, 0.1) is 17.6 Å². The molecule has 0 bridgehead atoms. The Bertz CT molecular complexity index is 891. The zero-order valence-corrected chi connectivity index (χ0v) is 15.5. The molecule has 0 N–H and O–H groups in total. The molecule has 0 spiro atoms. The number of hydrogen-bond acceptors (Lipinski definition) is 3. The van der Waals surface area contributed by atoms with Gasteiger partial charge in [-0.25, -0.2) is 0 Å². The molecule has 136 valence electrons. The quantitative estimate of drug-likeness (QED) is 0.675. The third-order valence-corrected chi connectivity index (χ3v) is 5.27. The van der Waals surface area contributed by atoms with Crippen LogP contribution in [-0.2, 0) is 9.59 Å². The molecule has 3 rings (SSSR count). The molecule has 3 nitrogen and oxygen atoms in total. The van der Waals surface area contributed by atoms with Crippen molar-refractivity contribution in [2.75, 3.05) is 0 Å². The van der Waals surface area contributed by atoms with Crippen LogP contribution in [0.25, 0.3) is 0 Å². The first-order valence-corrected chi connectivity index (χ1v) is 9.37. The highest BCUT2D eigenvalue weighted by Crippen LogP contribution is 2.37. The summed E-state index contributed by atoms with van der Waals surface area (Å²) >= 11 is 0. The molecule has 1 aliphatic carbocycles. The molecule has 27 heavy (non-hydrogen) atoms. The minimum absolute atomic E-state index is 0.0521. The maximum atomic E-state index is 13.1. The van der Waals surface area contributed by atoms with Crippen LogP contribution in [0.5, 0.6) is 0 Å². The van der Waals surface area contributed by atoms with E-state index in [1.807, 2.05) is 67.6 Å². The van der Waals surface area contributed by atoms with Gasteiger partial charge in [-0.2, -0.15) is 5.26 Å². The van der Waals surface area contributed by atoms with E-state index in [0.717, 1.165) is 29.5 Å². The Hall–Kier alpha value is -2.99. The number of carbonyl (C=O) groups is 2. The van der Waals surface area contributed by atoms with Gasteiger partial charge in [-0.05, 0) is 30.9 Å². The molecular formula is C24H23NO2. The van der Waals surface area contributed by atoms with E-state index in [0.29, 0.717) is 12.0 Å². The molecule has 2 aromatic carbocycles. The van der Waals surface area contributed by atoms with Crippen molar-refractivity contribution in [2.45, 2.75) is 44.4 Å². The molecule has 0 saturated carbocycles. The highest BCUT2D eigenvalue weighted by atomic mass is 16.1. The number of rotatable bonds is 6. The van der Waals surface area contributed by atoms with Crippen molar-refractivity contribution in [2.24, 2.45) is 0 Å². The summed E-state index contributed by atoms with van der Waals surface area (Å²) in [5.41, 5.74) is 3.09. The van der Waals surface area contributed by atoms with Crippen LogP contribution in [0.3, 0.4) is 0 Å². The Morgan fingerprint density at radius 1 is 1.00 bits per heavy atom. The summed E-state index contributed by atoms with van der Waals surface area (Å²) in [4.78, 5) is 25.4. The van der Waals surface area contributed by atoms with Gasteiger partial charge in [-0.15, -0.1) is 0 Å². The fourth-order valence-corrected chi connectivity index (χ4v) is 3.88. The van der Waals surface area contributed by atoms with Crippen LogP contribution < -0.4 is 0 Å². The summed E-state index contributed by atoms with van der Waals surface area (Å²) in [5.74, 6) is -0.927. The number of allylic oxidation sites excluding steroid dienone is 2. The van der Waals surface area contributed by atoms with E-state index in [1.54, 1.807) is 0 Å². The largest absolute Gasteiger partial charge is 0.294 e. The SMILES string of the molecule is CC1=C(C(=O)C[C@@H](c2ccccc2)[C@@H](C#N)c2ccccc2)C(=O)CCC1. The van der Waals surface area contributed by atoms with E-state index in [1.165, 1.54) is 0 Å². The van der Waals surface area contributed by atoms with Crippen LogP contribution in [0.2, 0.25) is 0 Å². The van der Waals surface area contributed by atoms with E-state index in [9.17, 15) is 14.9 Å². The van der Waals surface area contributed by atoms with Gasteiger partial charge < -0.3 is 0 Å². The summed E-state index contributed by atoms with van der Waals surface area (Å²) in [6.07, 6.45) is 2.21. The molecule has 0 aliphatic heterocycles. The molecule has 0 unspecified atom stereocenters.